The van der Waals surface area contributed by atoms with Crippen LogP contribution in [0.15, 0.2) is 18.2 Å². The van der Waals surface area contributed by atoms with Gasteiger partial charge in [-0.2, -0.15) is 0 Å². The van der Waals surface area contributed by atoms with E-state index < -0.39 is 6.10 Å². The Morgan fingerprint density at radius 1 is 1.50 bits per heavy atom. The lowest BCUT2D eigenvalue weighted by Crippen LogP contribution is -2.38. The molecule has 2 atom stereocenters. The molecule has 1 aromatic rings. The molecule has 0 spiro atoms. The molecule has 1 fully saturated rings. The Kier molecular flexibility index (Phi) is 5.02. The van der Waals surface area contributed by atoms with E-state index in [1.54, 1.807) is 7.11 Å². The van der Waals surface area contributed by atoms with Crippen molar-refractivity contribution in [2.75, 3.05) is 26.8 Å². The molecule has 4 heteroatoms. The minimum absolute atomic E-state index is 0.0869. The molecule has 1 aliphatic heterocycles. The highest BCUT2D eigenvalue weighted by molar-refractivity contribution is 5.38. The second kappa shape index (κ2) is 6.57. The number of hydrogen-bond donors (Lipinski definition) is 2. The van der Waals surface area contributed by atoms with Gasteiger partial charge in [0.25, 0.3) is 0 Å². The van der Waals surface area contributed by atoms with Gasteiger partial charge in [-0.15, -0.1) is 0 Å². The summed E-state index contributed by atoms with van der Waals surface area (Å²) in [5.41, 5.74) is 1.86. The van der Waals surface area contributed by atoms with E-state index in [0.29, 0.717) is 6.54 Å². The van der Waals surface area contributed by atoms with Crippen LogP contribution in [0.4, 0.5) is 0 Å². The van der Waals surface area contributed by atoms with Crippen LogP contribution < -0.4 is 10.1 Å². The maximum Gasteiger partial charge on any atom is 0.124 e. The molecule has 1 aromatic carbocycles. The number of aliphatic hydroxyl groups excluding tert-OH is 1. The summed E-state index contributed by atoms with van der Waals surface area (Å²) in [4.78, 5) is 0. The van der Waals surface area contributed by atoms with Crippen LogP contribution in [0.3, 0.4) is 0 Å². The quantitative estimate of drug-likeness (QED) is 0.838. The fourth-order valence-electron chi connectivity index (χ4n) is 2.67. The number of aryl methyl sites for hydroxylation is 1. The van der Waals surface area contributed by atoms with Crippen LogP contribution >= 0.6 is 0 Å². The predicted octanol–water partition coefficient (Wildman–Crippen LogP) is 2.20. The second-order valence-corrected chi connectivity index (χ2v) is 5.79. The minimum atomic E-state index is -0.574. The summed E-state index contributed by atoms with van der Waals surface area (Å²) in [5, 5.41) is 13.6. The number of methoxy groups -OCH3 is 1. The molecular weight excluding hydrogens is 254 g/mol. The smallest absolute Gasteiger partial charge is 0.124 e. The van der Waals surface area contributed by atoms with Crippen LogP contribution in [-0.2, 0) is 4.74 Å². The number of ether oxygens (including phenoxy) is 2. The van der Waals surface area contributed by atoms with E-state index in [2.05, 4.69) is 12.2 Å². The van der Waals surface area contributed by atoms with Gasteiger partial charge in [0.1, 0.15) is 5.75 Å². The van der Waals surface area contributed by atoms with Gasteiger partial charge in [-0.1, -0.05) is 11.6 Å². The van der Waals surface area contributed by atoms with Gasteiger partial charge in [0, 0.05) is 25.3 Å². The Morgan fingerprint density at radius 2 is 2.30 bits per heavy atom. The third-order valence-electron chi connectivity index (χ3n) is 3.88. The van der Waals surface area contributed by atoms with Crippen molar-refractivity contribution in [1.29, 1.82) is 0 Å². The van der Waals surface area contributed by atoms with E-state index in [1.165, 1.54) is 0 Å². The highest BCUT2D eigenvalue weighted by Gasteiger charge is 2.29. The summed E-state index contributed by atoms with van der Waals surface area (Å²) >= 11 is 0. The zero-order valence-corrected chi connectivity index (χ0v) is 12.6. The molecule has 4 nitrogen and oxygen atoms in total. The first-order valence-electron chi connectivity index (χ1n) is 7.21. The van der Waals surface area contributed by atoms with Gasteiger partial charge in [-0.25, -0.2) is 0 Å². The van der Waals surface area contributed by atoms with Gasteiger partial charge in [0.2, 0.25) is 0 Å². The topological polar surface area (TPSA) is 50.7 Å². The van der Waals surface area contributed by atoms with E-state index in [-0.39, 0.29) is 5.60 Å². The normalized spacial score (nSPS) is 23.8. The summed E-state index contributed by atoms with van der Waals surface area (Å²) in [6, 6.07) is 5.85. The van der Waals surface area contributed by atoms with Gasteiger partial charge in [-0.05, 0) is 38.8 Å². The standard InChI is InChI=1S/C16H25NO3/c1-12-5-6-15(19-3)13(9-12)14(18)10-17-11-16(2)7-4-8-20-16/h5-6,9,14,17-18H,4,7-8,10-11H2,1-3H3. The average molecular weight is 279 g/mol. The van der Waals surface area contributed by atoms with Crippen molar-refractivity contribution in [3.63, 3.8) is 0 Å². The largest absolute Gasteiger partial charge is 0.496 e. The summed E-state index contributed by atoms with van der Waals surface area (Å²) in [6.07, 6.45) is 1.62. The van der Waals surface area contributed by atoms with Gasteiger partial charge < -0.3 is 19.9 Å². The van der Waals surface area contributed by atoms with Crippen LogP contribution in [0.1, 0.15) is 37.0 Å². The van der Waals surface area contributed by atoms with Crippen LogP contribution in [0.2, 0.25) is 0 Å². The fourth-order valence-corrected chi connectivity index (χ4v) is 2.67. The van der Waals surface area contributed by atoms with Crippen molar-refractivity contribution in [3.05, 3.63) is 29.3 Å². The molecule has 2 unspecified atom stereocenters. The Morgan fingerprint density at radius 3 is 2.95 bits per heavy atom. The summed E-state index contributed by atoms with van der Waals surface area (Å²) in [6.45, 7) is 6.23. The molecule has 0 radical (unpaired) electrons. The molecule has 1 heterocycles. The summed E-state index contributed by atoms with van der Waals surface area (Å²) < 4.78 is 11.0. The number of rotatable bonds is 6. The van der Waals surface area contributed by atoms with E-state index in [9.17, 15) is 5.11 Å². The Balaban J connectivity index is 1.91. The van der Waals surface area contributed by atoms with Crippen molar-refractivity contribution in [2.45, 2.75) is 38.4 Å². The molecule has 1 saturated heterocycles. The van der Waals surface area contributed by atoms with Crippen LogP contribution in [0.5, 0.6) is 5.75 Å². The lowest BCUT2D eigenvalue weighted by molar-refractivity contribution is 0.0184. The van der Waals surface area contributed by atoms with E-state index in [0.717, 1.165) is 42.9 Å². The Bertz CT molecular complexity index is 441. The Hall–Kier alpha value is -1.10. The van der Waals surface area contributed by atoms with Crippen molar-refractivity contribution < 1.29 is 14.6 Å². The maximum absolute atomic E-state index is 10.3. The molecule has 0 amide bonds. The third-order valence-corrected chi connectivity index (χ3v) is 3.88. The summed E-state index contributed by atoms with van der Waals surface area (Å²) in [5.74, 6) is 0.730. The number of nitrogens with one attached hydrogen (secondary N) is 1. The van der Waals surface area contributed by atoms with E-state index in [1.807, 2.05) is 25.1 Å². The van der Waals surface area contributed by atoms with Crippen LogP contribution in [0, 0.1) is 6.92 Å². The van der Waals surface area contributed by atoms with E-state index in [4.69, 9.17) is 9.47 Å². The molecule has 2 N–H and O–H groups in total. The number of benzene rings is 1. The molecule has 0 aliphatic carbocycles. The van der Waals surface area contributed by atoms with Crippen molar-refractivity contribution >= 4 is 0 Å². The SMILES string of the molecule is COc1ccc(C)cc1C(O)CNCC1(C)CCCO1. The van der Waals surface area contributed by atoms with E-state index >= 15 is 0 Å². The average Bonchev–Trinajstić information content (AvgIpc) is 2.85. The highest BCUT2D eigenvalue weighted by Crippen LogP contribution is 2.27. The molecular formula is C16H25NO3. The zero-order chi connectivity index (χ0) is 14.6. The fraction of sp³-hybridized carbons (Fsp3) is 0.625. The van der Waals surface area contributed by atoms with Gasteiger partial charge >= 0.3 is 0 Å². The highest BCUT2D eigenvalue weighted by atomic mass is 16.5. The molecule has 20 heavy (non-hydrogen) atoms. The lowest BCUT2D eigenvalue weighted by atomic mass is 10.0. The van der Waals surface area contributed by atoms with Gasteiger partial charge in [-0.3, -0.25) is 0 Å². The van der Waals surface area contributed by atoms with Crippen molar-refractivity contribution in [1.82, 2.24) is 5.32 Å². The predicted molar refractivity (Wildman–Crippen MR) is 79.2 cm³/mol. The first kappa shape index (κ1) is 15.3. The molecule has 0 bridgehead atoms. The Labute approximate surface area is 121 Å². The number of aliphatic hydroxyl groups is 1. The van der Waals surface area contributed by atoms with Crippen molar-refractivity contribution in [2.24, 2.45) is 0 Å². The van der Waals surface area contributed by atoms with Crippen LogP contribution in [-0.4, -0.2) is 37.5 Å². The first-order chi connectivity index (χ1) is 9.54. The first-order valence-corrected chi connectivity index (χ1v) is 7.21. The molecule has 1 aliphatic rings. The lowest BCUT2D eigenvalue weighted by Gasteiger charge is -2.24. The minimum Gasteiger partial charge on any atom is -0.496 e. The second-order valence-electron chi connectivity index (χ2n) is 5.79. The van der Waals surface area contributed by atoms with Crippen LogP contribution in [0.25, 0.3) is 0 Å². The molecule has 0 saturated carbocycles. The van der Waals surface area contributed by atoms with Crippen molar-refractivity contribution in [3.8, 4) is 5.75 Å². The molecule has 2 rings (SSSR count). The monoisotopic (exact) mass is 279 g/mol. The third kappa shape index (κ3) is 3.72. The van der Waals surface area contributed by atoms with Gasteiger partial charge in [0.15, 0.2) is 0 Å². The summed E-state index contributed by atoms with van der Waals surface area (Å²) in [7, 11) is 1.63. The molecule has 0 aromatic heterocycles. The molecule has 112 valence electrons. The zero-order valence-electron chi connectivity index (χ0n) is 12.6. The number of hydrogen-bond acceptors (Lipinski definition) is 4. The van der Waals surface area contributed by atoms with Gasteiger partial charge in [0.05, 0.1) is 18.8 Å². The maximum atomic E-state index is 10.3.